The largest absolute Gasteiger partial charge is 0.453 e. The van der Waals surface area contributed by atoms with Gasteiger partial charge in [-0.1, -0.05) is 24.3 Å². The van der Waals surface area contributed by atoms with E-state index in [4.69, 9.17) is 0 Å². The van der Waals surface area contributed by atoms with Crippen molar-refractivity contribution in [1.82, 2.24) is 9.88 Å². The molecule has 0 atom stereocenters. The summed E-state index contributed by atoms with van der Waals surface area (Å²) in [6, 6.07) is 11.8. The van der Waals surface area contributed by atoms with E-state index in [1.54, 1.807) is 30.3 Å². The van der Waals surface area contributed by atoms with Crippen LogP contribution in [0.3, 0.4) is 0 Å². The van der Waals surface area contributed by atoms with E-state index in [9.17, 15) is 44.3 Å². The van der Waals surface area contributed by atoms with E-state index >= 15 is 0 Å². The number of amides is 1. The molecule has 0 fully saturated rings. The SMILES string of the molecule is COC(=O)N(Cc1cc(C(F)(F)F)cc(C(F)(F)F)c1)Cc1cc(C(F)(F)F)ccc1-c1cccc2ncccc12. The lowest BCUT2D eigenvalue weighted by atomic mass is 9.94. The van der Waals surface area contributed by atoms with Gasteiger partial charge in [0, 0.05) is 24.7 Å². The van der Waals surface area contributed by atoms with Gasteiger partial charge in [-0.2, -0.15) is 39.5 Å². The molecule has 0 aliphatic heterocycles. The Morgan fingerprint density at radius 2 is 1.37 bits per heavy atom. The summed E-state index contributed by atoms with van der Waals surface area (Å²) in [5, 5.41) is 0.563. The van der Waals surface area contributed by atoms with Crippen molar-refractivity contribution in [2.45, 2.75) is 31.6 Å². The summed E-state index contributed by atoms with van der Waals surface area (Å²) in [5.74, 6) is 0. The molecule has 3 aromatic carbocycles. The minimum absolute atomic E-state index is 0.0640. The number of aromatic nitrogens is 1. The molecule has 0 spiro atoms. The van der Waals surface area contributed by atoms with Crippen molar-refractivity contribution in [2.24, 2.45) is 0 Å². The molecule has 0 N–H and O–H groups in total. The minimum Gasteiger partial charge on any atom is -0.453 e. The monoisotopic (exact) mass is 586 g/mol. The Balaban J connectivity index is 1.84. The number of nitrogens with zero attached hydrogens (tertiary/aromatic N) is 2. The Hall–Kier alpha value is -4.29. The molecule has 4 nitrogen and oxygen atoms in total. The van der Waals surface area contributed by atoms with Crippen molar-refractivity contribution < 1.29 is 49.0 Å². The fourth-order valence-corrected chi connectivity index (χ4v) is 4.35. The quantitative estimate of drug-likeness (QED) is 0.220. The van der Waals surface area contributed by atoms with Gasteiger partial charge in [0.05, 0.1) is 29.3 Å². The van der Waals surface area contributed by atoms with Gasteiger partial charge in [-0.15, -0.1) is 0 Å². The summed E-state index contributed by atoms with van der Waals surface area (Å²) in [6.07, 6.45) is -14.7. The zero-order valence-electron chi connectivity index (χ0n) is 21.0. The lowest BCUT2D eigenvalue weighted by Gasteiger charge is -2.25. The standard InChI is InChI=1S/C28H19F9N2O2/c1-41-25(40)39(14-16-10-19(27(32,33)34)13-20(11-16)28(35,36)37)15-17-12-18(26(29,30)31)7-8-21(17)22-4-2-6-24-23(22)5-3-9-38-24/h2-13H,14-15H2,1H3. The van der Waals surface area contributed by atoms with Crippen LogP contribution in [0, 0.1) is 0 Å². The fraction of sp³-hybridized carbons (Fsp3) is 0.214. The van der Waals surface area contributed by atoms with E-state index < -0.39 is 60.0 Å². The minimum atomic E-state index is -5.14. The molecular formula is C28H19F9N2O2. The number of fused-ring (bicyclic) bond motifs is 1. The van der Waals surface area contributed by atoms with Gasteiger partial charge >= 0.3 is 24.6 Å². The van der Waals surface area contributed by atoms with Gasteiger partial charge in [-0.25, -0.2) is 4.79 Å². The molecule has 1 aromatic heterocycles. The fourth-order valence-electron chi connectivity index (χ4n) is 4.35. The van der Waals surface area contributed by atoms with E-state index in [0.717, 1.165) is 24.1 Å². The first kappa shape index (κ1) is 29.7. The van der Waals surface area contributed by atoms with Gasteiger partial charge < -0.3 is 4.74 Å². The first-order valence-corrected chi connectivity index (χ1v) is 11.7. The summed E-state index contributed by atoms with van der Waals surface area (Å²) in [7, 11) is 0.923. The number of hydrogen-bond donors (Lipinski definition) is 0. The molecule has 0 unspecified atom stereocenters. The number of halogens is 9. The average Bonchev–Trinajstić information content (AvgIpc) is 2.90. The maximum Gasteiger partial charge on any atom is 0.416 e. The van der Waals surface area contributed by atoms with E-state index in [2.05, 4.69) is 9.72 Å². The van der Waals surface area contributed by atoms with Gasteiger partial charge in [-0.05, 0) is 64.7 Å². The lowest BCUT2D eigenvalue weighted by molar-refractivity contribution is -0.143. The molecule has 0 aliphatic rings. The van der Waals surface area contributed by atoms with Crippen LogP contribution in [0.5, 0.6) is 0 Å². The van der Waals surface area contributed by atoms with E-state index in [0.29, 0.717) is 28.6 Å². The zero-order valence-corrected chi connectivity index (χ0v) is 21.0. The molecule has 0 saturated carbocycles. The van der Waals surface area contributed by atoms with Crippen molar-refractivity contribution in [3.8, 4) is 11.1 Å². The Labute approximate surface area is 227 Å². The molecule has 4 aromatic rings. The first-order valence-electron chi connectivity index (χ1n) is 11.7. The number of methoxy groups -OCH3 is 1. The summed E-state index contributed by atoms with van der Waals surface area (Å²) >= 11 is 0. The molecule has 41 heavy (non-hydrogen) atoms. The van der Waals surface area contributed by atoms with Gasteiger partial charge in [-0.3, -0.25) is 9.88 Å². The summed E-state index contributed by atoms with van der Waals surface area (Å²) in [4.78, 5) is 17.6. The number of hydrogen-bond acceptors (Lipinski definition) is 3. The van der Waals surface area contributed by atoms with Gasteiger partial charge in [0.15, 0.2) is 0 Å². The third kappa shape index (κ3) is 6.72. The summed E-state index contributed by atoms with van der Waals surface area (Å²) < 4.78 is 126. The topological polar surface area (TPSA) is 42.4 Å². The van der Waals surface area contributed by atoms with Crippen LogP contribution in [-0.4, -0.2) is 23.1 Å². The van der Waals surface area contributed by atoms with E-state index in [-0.39, 0.29) is 17.2 Å². The number of pyridine rings is 1. The second-order valence-corrected chi connectivity index (χ2v) is 8.99. The number of benzene rings is 3. The summed E-state index contributed by atoms with van der Waals surface area (Å²) in [6.45, 7) is -1.47. The molecule has 0 radical (unpaired) electrons. The highest BCUT2D eigenvalue weighted by molar-refractivity contribution is 5.95. The van der Waals surface area contributed by atoms with Crippen molar-refractivity contribution >= 4 is 17.0 Å². The molecule has 0 saturated heterocycles. The van der Waals surface area contributed by atoms with Crippen LogP contribution in [-0.2, 0) is 36.4 Å². The molecule has 4 rings (SSSR count). The lowest BCUT2D eigenvalue weighted by Crippen LogP contribution is -2.30. The van der Waals surface area contributed by atoms with Crippen LogP contribution in [0.15, 0.2) is 72.9 Å². The predicted octanol–water partition coefficient (Wildman–Crippen LogP) is 8.73. The highest BCUT2D eigenvalue weighted by Crippen LogP contribution is 2.38. The van der Waals surface area contributed by atoms with Gasteiger partial charge in [0.1, 0.15) is 0 Å². The highest BCUT2D eigenvalue weighted by Gasteiger charge is 2.37. The summed E-state index contributed by atoms with van der Waals surface area (Å²) in [5.41, 5.74) is -3.70. The number of rotatable bonds is 5. The van der Waals surface area contributed by atoms with Crippen LogP contribution in [0.1, 0.15) is 27.8 Å². The van der Waals surface area contributed by atoms with Crippen molar-refractivity contribution in [2.75, 3.05) is 7.11 Å². The number of alkyl halides is 9. The molecule has 1 amide bonds. The Morgan fingerprint density at radius 1 is 0.732 bits per heavy atom. The predicted molar refractivity (Wildman–Crippen MR) is 130 cm³/mol. The van der Waals surface area contributed by atoms with E-state index in [1.807, 2.05) is 0 Å². The maximum atomic E-state index is 13.6. The third-order valence-corrected chi connectivity index (χ3v) is 6.18. The molecule has 0 aliphatic carbocycles. The van der Waals surface area contributed by atoms with Gasteiger partial charge in [0.25, 0.3) is 0 Å². The first-order chi connectivity index (χ1) is 19.1. The second-order valence-electron chi connectivity index (χ2n) is 8.99. The second kappa shape index (κ2) is 10.9. The van der Waals surface area contributed by atoms with Crippen molar-refractivity contribution in [3.05, 3.63) is 101 Å². The normalized spacial score (nSPS) is 12.4. The number of carbonyl (C=O) groups is 1. The smallest absolute Gasteiger partial charge is 0.416 e. The molecular weight excluding hydrogens is 567 g/mol. The molecule has 216 valence electrons. The van der Waals surface area contributed by atoms with Crippen LogP contribution in [0.2, 0.25) is 0 Å². The average molecular weight is 586 g/mol. The zero-order chi connectivity index (χ0) is 30.2. The molecule has 1 heterocycles. The van der Waals surface area contributed by atoms with Crippen LogP contribution in [0.4, 0.5) is 44.3 Å². The number of carbonyl (C=O) groups excluding carboxylic acids is 1. The Bertz CT molecular complexity index is 1540. The Morgan fingerprint density at radius 3 is 1.95 bits per heavy atom. The van der Waals surface area contributed by atoms with Crippen LogP contribution >= 0.6 is 0 Å². The molecule has 13 heteroatoms. The maximum absolute atomic E-state index is 13.6. The van der Waals surface area contributed by atoms with Crippen molar-refractivity contribution in [3.63, 3.8) is 0 Å². The van der Waals surface area contributed by atoms with Gasteiger partial charge in [0.2, 0.25) is 0 Å². The van der Waals surface area contributed by atoms with E-state index in [1.165, 1.54) is 12.3 Å². The Kier molecular flexibility index (Phi) is 7.92. The van der Waals surface area contributed by atoms with Crippen LogP contribution in [0.25, 0.3) is 22.0 Å². The number of ether oxygens (including phenoxy) is 1. The third-order valence-electron chi connectivity index (χ3n) is 6.18. The highest BCUT2D eigenvalue weighted by atomic mass is 19.4. The van der Waals surface area contributed by atoms with Crippen molar-refractivity contribution in [1.29, 1.82) is 0 Å². The van der Waals surface area contributed by atoms with Crippen LogP contribution < -0.4 is 0 Å². The molecule has 0 bridgehead atoms.